The van der Waals surface area contributed by atoms with Gasteiger partial charge in [-0.25, -0.2) is 4.79 Å². The van der Waals surface area contributed by atoms with E-state index < -0.39 is 30.2 Å². The zero-order valence-electron chi connectivity index (χ0n) is 7.95. The SMILES string of the molecule is CCCC(NC(=O)CC(N)=O)C(=O)O. The van der Waals surface area contributed by atoms with Crippen LogP contribution in [0.2, 0.25) is 0 Å². The topological polar surface area (TPSA) is 109 Å². The van der Waals surface area contributed by atoms with Gasteiger partial charge in [0.2, 0.25) is 11.8 Å². The summed E-state index contributed by atoms with van der Waals surface area (Å²) in [7, 11) is 0. The zero-order valence-corrected chi connectivity index (χ0v) is 7.95. The molecule has 0 rings (SSSR count). The van der Waals surface area contributed by atoms with Crippen molar-refractivity contribution in [3.05, 3.63) is 0 Å². The molecule has 0 radical (unpaired) electrons. The van der Waals surface area contributed by atoms with Crippen molar-refractivity contribution in [1.29, 1.82) is 0 Å². The molecule has 0 saturated carbocycles. The molecular weight excluding hydrogens is 188 g/mol. The van der Waals surface area contributed by atoms with Crippen molar-refractivity contribution < 1.29 is 19.5 Å². The fourth-order valence-electron chi connectivity index (χ4n) is 0.950. The van der Waals surface area contributed by atoms with Crippen LogP contribution in [-0.4, -0.2) is 28.9 Å². The van der Waals surface area contributed by atoms with E-state index in [2.05, 4.69) is 5.32 Å². The first-order chi connectivity index (χ1) is 6.47. The number of amides is 2. The molecule has 0 fully saturated rings. The number of carboxylic acids is 1. The monoisotopic (exact) mass is 202 g/mol. The number of carboxylic acid groups (broad SMARTS) is 1. The van der Waals surface area contributed by atoms with E-state index in [1.54, 1.807) is 6.92 Å². The van der Waals surface area contributed by atoms with E-state index in [1.165, 1.54) is 0 Å². The lowest BCUT2D eigenvalue weighted by molar-refractivity contribution is -0.142. The van der Waals surface area contributed by atoms with Crippen LogP contribution in [0.15, 0.2) is 0 Å². The van der Waals surface area contributed by atoms with Gasteiger partial charge in [-0.2, -0.15) is 0 Å². The van der Waals surface area contributed by atoms with Gasteiger partial charge in [-0.15, -0.1) is 0 Å². The van der Waals surface area contributed by atoms with Gasteiger partial charge >= 0.3 is 5.97 Å². The van der Waals surface area contributed by atoms with Gasteiger partial charge in [0.15, 0.2) is 0 Å². The Bertz CT molecular complexity index is 239. The summed E-state index contributed by atoms with van der Waals surface area (Å²) in [6.45, 7) is 1.80. The summed E-state index contributed by atoms with van der Waals surface area (Å²) in [4.78, 5) is 31.9. The van der Waals surface area contributed by atoms with Crippen molar-refractivity contribution in [1.82, 2.24) is 5.32 Å². The molecule has 0 heterocycles. The summed E-state index contributed by atoms with van der Waals surface area (Å²) in [6.07, 6.45) is 0.487. The molecule has 6 heteroatoms. The number of nitrogens with one attached hydrogen (secondary N) is 1. The molecule has 80 valence electrons. The van der Waals surface area contributed by atoms with E-state index in [4.69, 9.17) is 10.8 Å². The van der Waals surface area contributed by atoms with Crippen molar-refractivity contribution in [2.45, 2.75) is 32.2 Å². The average molecular weight is 202 g/mol. The first kappa shape index (κ1) is 12.4. The van der Waals surface area contributed by atoms with E-state index >= 15 is 0 Å². The summed E-state index contributed by atoms with van der Waals surface area (Å²) >= 11 is 0. The average Bonchev–Trinajstić information content (AvgIpc) is 2.01. The molecular formula is C8H14N2O4. The molecule has 0 aromatic rings. The van der Waals surface area contributed by atoms with Crippen LogP contribution in [0, 0.1) is 0 Å². The summed E-state index contributed by atoms with van der Waals surface area (Å²) < 4.78 is 0. The highest BCUT2D eigenvalue weighted by atomic mass is 16.4. The maximum Gasteiger partial charge on any atom is 0.326 e. The van der Waals surface area contributed by atoms with Crippen molar-refractivity contribution in [2.24, 2.45) is 5.73 Å². The van der Waals surface area contributed by atoms with Gasteiger partial charge in [0.25, 0.3) is 0 Å². The summed E-state index contributed by atoms with van der Waals surface area (Å²) in [5.74, 6) is -2.54. The van der Waals surface area contributed by atoms with Crippen molar-refractivity contribution >= 4 is 17.8 Å². The first-order valence-electron chi connectivity index (χ1n) is 4.27. The lowest BCUT2D eigenvalue weighted by atomic mass is 10.1. The second-order valence-corrected chi connectivity index (χ2v) is 2.89. The smallest absolute Gasteiger partial charge is 0.326 e. The maximum atomic E-state index is 11.0. The maximum absolute atomic E-state index is 11.0. The number of nitrogens with two attached hydrogens (primary N) is 1. The molecule has 0 bridgehead atoms. The minimum atomic E-state index is -1.11. The van der Waals surface area contributed by atoms with Gasteiger partial charge in [0, 0.05) is 0 Å². The molecule has 1 atom stereocenters. The fourth-order valence-corrected chi connectivity index (χ4v) is 0.950. The van der Waals surface area contributed by atoms with Crippen molar-refractivity contribution in [3.63, 3.8) is 0 Å². The molecule has 0 aliphatic carbocycles. The fraction of sp³-hybridized carbons (Fsp3) is 0.625. The van der Waals surface area contributed by atoms with Crippen LogP contribution in [0.1, 0.15) is 26.2 Å². The Balaban J connectivity index is 4.09. The lowest BCUT2D eigenvalue weighted by Gasteiger charge is -2.12. The van der Waals surface area contributed by atoms with Gasteiger partial charge in [-0.1, -0.05) is 13.3 Å². The minimum Gasteiger partial charge on any atom is -0.480 e. The van der Waals surface area contributed by atoms with E-state index in [0.29, 0.717) is 12.8 Å². The molecule has 0 aromatic carbocycles. The summed E-state index contributed by atoms with van der Waals surface area (Å²) in [5, 5.41) is 10.9. The number of primary amides is 1. The van der Waals surface area contributed by atoms with Gasteiger partial charge < -0.3 is 16.2 Å². The number of hydrogen-bond donors (Lipinski definition) is 3. The predicted molar refractivity (Wildman–Crippen MR) is 48.3 cm³/mol. The Kier molecular flexibility index (Phi) is 5.28. The van der Waals surface area contributed by atoms with Gasteiger partial charge in [0.05, 0.1) is 0 Å². The summed E-state index contributed by atoms with van der Waals surface area (Å²) in [5.41, 5.74) is 4.77. The predicted octanol–water partition coefficient (Wildman–Crippen LogP) is -0.769. The van der Waals surface area contributed by atoms with Crippen LogP contribution in [0.4, 0.5) is 0 Å². The van der Waals surface area contributed by atoms with Gasteiger partial charge in [-0.05, 0) is 6.42 Å². The molecule has 0 aromatic heterocycles. The van der Waals surface area contributed by atoms with Gasteiger partial charge in [0.1, 0.15) is 12.5 Å². The number of carbonyl (C=O) groups excluding carboxylic acids is 2. The highest BCUT2D eigenvalue weighted by Crippen LogP contribution is 1.97. The third-order valence-electron chi connectivity index (χ3n) is 1.55. The Morgan fingerprint density at radius 3 is 2.36 bits per heavy atom. The Morgan fingerprint density at radius 2 is 2.00 bits per heavy atom. The second-order valence-electron chi connectivity index (χ2n) is 2.89. The van der Waals surface area contributed by atoms with E-state index in [-0.39, 0.29) is 0 Å². The Hall–Kier alpha value is -1.59. The third kappa shape index (κ3) is 5.13. The number of rotatable bonds is 6. The molecule has 0 saturated heterocycles. The van der Waals surface area contributed by atoms with Crippen LogP contribution < -0.4 is 11.1 Å². The third-order valence-corrected chi connectivity index (χ3v) is 1.55. The quantitative estimate of drug-likeness (QED) is 0.491. The van der Waals surface area contributed by atoms with Crippen molar-refractivity contribution in [3.8, 4) is 0 Å². The molecule has 0 aliphatic heterocycles. The van der Waals surface area contributed by atoms with Gasteiger partial charge in [-0.3, -0.25) is 9.59 Å². The molecule has 0 aliphatic rings. The van der Waals surface area contributed by atoms with Crippen LogP contribution >= 0.6 is 0 Å². The first-order valence-corrected chi connectivity index (χ1v) is 4.27. The molecule has 1 unspecified atom stereocenters. The number of hydrogen-bond acceptors (Lipinski definition) is 3. The van der Waals surface area contributed by atoms with E-state index in [1.807, 2.05) is 0 Å². The largest absolute Gasteiger partial charge is 0.480 e. The Labute approximate surface area is 81.5 Å². The summed E-state index contributed by atoms with van der Waals surface area (Å²) in [6, 6.07) is -0.938. The standard InChI is InChI=1S/C8H14N2O4/c1-2-3-5(8(13)14)10-7(12)4-6(9)11/h5H,2-4H2,1H3,(H2,9,11)(H,10,12)(H,13,14). The van der Waals surface area contributed by atoms with Crippen molar-refractivity contribution in [2.75, 3.05) is 0 Å². The number of carbonyl (C=O) groups is 3. The normalized spacial score (nSPS) is 11.8. The van der Waals surface area contributed by atoms with E-state index in [9.17, 15) is 14.4 Å². The second kappa shape index (κ2) is 5.95. The molecule has 4 N–H and O–H groups in total. The van der Waals surface area contributed by atoms with E-state index in [0.717, 1.165) is 0 Å². The molecule has 0 spiro atoms. The van der Waals surface area contributed by atoms with Crippen LogP contribution in [0.25, 0.3) is 0 Å². The highest BCUT2D eigenvalue weighted by molar-refractivity contribution is 5.97. The molecule has 6 nitrogen and oxygen atoms in total. The van der Waals surface area contributed by atoms with Crippen LogP contribution in [0.3, 0.4) is 0 Å². The van der Waals surface area contributed by atoms with Crippen LogP contribution in [0.5, 0.6) is 0 Å². The number of aliphatic carboxylic acids is 1. The lowest BCUT2D eigenvalue weighted by Crippen LogP contribution is -2.41. The minimum absolute atomic E-state index is 0.333. The highest BCUT2D eigenvalue weighted by Gasteiger charge is 2.19. The zero-order chi connectivity index (χ0) is 11.1. The van der Waals surface area contributed by atoms with Crippen LogP contribution in [-0.2, 0) is 14.4 Å². The Morgan fingerprint density at radius 1 is 1.43 bits per heavy atom. The molecule has 2 amide bonds. The molecule has 14 heavy (non-hydrogen) atoms.